The van der Waals surface area contributed by atoms with Crippen LogP contribution in [0.15, 0.2) is 30.3 Å². The van der Waals surface area contributed by atoms with Crippen molar-refractivity contribution in [3.05, 3.63) is 35.9 Å². The molecular formula is C44H66O33. The zero-order valence-corrected chi connectivity index (χ0v) is 40.2. The minimum atomic E-state index is -2.32. The van der Waals surface area contributed by atoms with Crippen molar-refractivity contribution in [3.8, 4) is 0 Å². The maximum Gasteiger partial charge on any atom is 0.375 e. The van der Waals surface area contributed by atoms with Crippen LogP contribution in [-0.4, -0.2) is 322 Å². The molecular weight excluding hydrogens is 1060 g/mol. The normalized spacial score (nSPS) is 49.4. The van der Waals surface area contributed by atoms with Gasteiger partial charge in [-0.3, -0.25) is 4.89 Å². The molecule has 22 saturated heterocycles. The lowest BCUT2D eigenvalue weighted by atomic mass is 9.94. The second-order valence-electron chi connectivity index (χ2n) is 19.1. The van der Waals surface area contributed by atoms with E-state index in [1.165, 1.54) is 24.3 Å². The van der Waals surface area contributed by atoms with Crippen LogP contribution in [0.3, 0.4) is 0 Å². The highest BCUT2D eigenvalue weighted by Crippen LogP contribution is 2.39. The molecule has 18 N–H and O–H groups in total. The van der Waals surface area contributed by atoms with E-state index < -0.39 is 236 Å². The number of aliphatic hydroxyl groups excluding tert-OH is 18. The minimum absolute atomic E-state index is 0.0176. The lowest BCUT2D eigenvalue weighted by molar-refractivity contribution is -0.422. The zero-order chi connectivity index (χ0) is 55.7. The molecule has 77 heavy (non-hydrogen) atoms. The van der Waals surface area contributed by atoms with E-state index in [0.717, 1.165) is 0 Å². The molecule has 22 heterocycles. The first kappa shape index (κ1) is 60.5. The number of hydrogen-bond acceptors (Lipinski definition) is 33. The average Bonchev–Trinajstić information content (AvgIpc) is 3.44. The summed E-state index contributed by atoms with van der Waals surface area (Å²) in [5, 5.41) is 199. The molecule has 1 unspecified atom stereocenters. The predicted molar refractivity (Wildman–Crippen MR) is 232 cm³/mol. The van der Waals surface area contributed by atoms with Crippen LogP contribution >= 0.6 is 0 Å². The highest BCUT2D eigenvalue weighted by molar-refractivity contribution is 5.75. The molecule has 22 aliphatic heterocycles. The third-order valence-corrected chi connectivity index (χ3v) is 14.2. The van der Waals surface area contributed by atoms with Crippen LogP contribution in [0.4, 0.5) is 0 Å². The van der Waals surface area contributed by atoms with Gasteiger partial charge >= 0.3 is 5.97 Å². The summed E-state index contributed by atoms with van der Waals surface area (Å²) in [6, 6.07) is 7.24. The van der Waals surface area contributed by atoms with Gasteiger partial charge in [0.05, 0.1) is 39.6 Å². The third kappa shape index (κ3) is 12.3. The van der Waals surface area contributed by atoms with Gasteiger partial charge in [0.1, 0.15) is 140 Å². The Bertz CT molecular complexity index is 1990. The fourth-order valence-electron chi connectivity index (χ4n) is 9.94. The highest BCUT2D eigenvalue weighted by atomic mass is 17.2. The molecule has 1 aromatic rings. The maximum absolute atomic E-state index is 13.1. The molecule has 22 aliphatic rings. The van der Waals surface area contributed by atoms with Gasteiger partial charge in [0.2, 0.25) is 0 Å². The van der Waals surface area contributed by atoms with Gasteiger partial charge in [-0.1, -0.05) is 30.3 Å². The van der Waals surface area contributed by atoms with Crippen LogP contribution in [0.1, 0.15) is 11.7 Å². The fourth-order valence-corrected chi connectivity index (χ4v) is 9.94. The monoisotopic (exact) mass is 1120 g/mol. The Morgan fingerprint density at radius 2 is 0.610 bits per heavy atom. The first-order valence-electron chi connectivity index (χ1n) is 24.4. The van der Waals surface area contributed by atoms with E-state index in [-0.39, 0.29) is 5.56 Å². The molecule has 0 aromatic heterocycles. The summed E-state index contributed by atoms with van der Waals surface area (Å²) >= 11 is 0. The van der Waals surface area contributed by atoms with Crippen LogP contribution in [0.25, 0.3) is 0 Å². The van der Waals surface area contributed by atoms with Crippen LogP contribution in [-0.2, 0) is 71.4 Å². The fraction of sp³-hybridized carbons (Fsp3) is 0.841. The Morgan fingerprint density at radius 3 is 0.883 bits per heavy atom. The lowest BCUT2D eigenvalue weighted by Gasteiger charge is -2.50. The third-order valence-electron chi connectivity index (χ3n) is 14.2. The van der Waals surface area contributed by atoms with E-state index in [2.05, 4.69) is 0 Å². The van der Waals surface area contributed by atoms with E-state index in [4.69, 9.17) is 66.6 Å². The molecule has 0 saturated carbocycles. The summed E-state index contributed by atoms with van der Waals surface area (Å²) in [4.78, 5) is 23.4. The van der Waals surface area contributed by atoms with Gasteiger partial charge < -0.3 is 149 Å². The SMILES string of the molecule is O=C(OO[C@@H]1[C@@H](O)[C@H]2O[C@H]3[C@H](O)[C@@H](O)[C@@H](O[C@H]4[C@H](O)[C@@H](O)[C@@H](O[C@H]5[C@H](O)[C@@H](O)[C@@H](O[C@H]6[C@H](O)[C@@H](O)[C@@H](O[C@H]7[C@H](O)[C@@H](O)[C@@H](O[C@H]1[C@@H](CO)O2)O[C@@H]7CO)O[C@@H]6CO)O[C@@H]5CO)O[C@@H]4CO)O[C@@H]3CO)C(O)c1ccccc1. The highest BCUT2D eigenvalue weighted by Gasteiger charge is 2.59. The number of ether oxygens (including phenoxy) is 12. The van der Waals surface area contributed by atoms with Crippen LogP contribution in [0, 0.1) is 0 Å². The smallest absolute Gasteiger partial charge is 0.375 e. The van der Waals surface area contributed by atoms with Gasteiger partial charge in [-0.15, -0.1) is 0 Å². The molecule has 440 valence electrons. The molecule has 1 aromatic carbocycles. The van der Waals surface area contributed by atoms with Gasteiger partial charge in [-0.2, -0.15) is 4.89 Å². The summed E-state index contributed by atoms with van der Waals surface area (Å²) in [5.41, 5.74) is 0.0176. The first-order valence-corrected chi connectivity index (χ1v) is 24.4. The second-order valence-corrected chi connectivity index (χ2v) is 19.1. The average molecular weight is 1120 g/mol. The van der Waals surface area contributed by atoms with E-state index in [9.17, 15) is 96.7 Å². The van der Waals surface area contributed by atoms with Gasteiger partial charge in [0.15, 0.2) is 49.9 Å². The summed E-state index contributed by atoms with van der Waals surface area (Å²) in [6.07, 6.45) is -63.0. The molecule has 33 heteroatoms. The van der Waals surface area contributed by atoms with Crippen LogP contribution < -0.4 is 0 Å². The summed E-state index contributed by atoms with van der Waals surface area (Å²) < 4.78 is 69.0. The summed E-state index contributed by atoms with van der Waals surface area (Å²) in [6.45, 7) is -6.37. The Labute approximate surface area is 434 Å². The topological polar surface area (TPSA) is 510 Å². The van der Waals surface area contributed by atoms with Crippen molar-refractivity contribution in [1.82, 2.24) is 0 Å². The first-order chi connectivity index (χ1) is 36.8. The lowest BCUT2D eigenvalue weighted by Crippen LogP contribution is -2.69. The molecule has 0 aliphatic carbocycles. The predicted octanol–water partition coefficient (Wildman–Crippen LogP) is -11.8. The van der Waals surface area contributed by atoms with E-state index in [1.54, 1.807) is 6.07 Å². The standard InChI is InChI=1S/C44H66O33/c45-6-13-31-20(52)25(57)39(64-13)71-32-14(7-46)66-41(27(59)22(32)54)73-34-16(9-48)68-43(29(61)24(34)56)75-36-18(11-50)69-44(30(62)37(36)76-77-38(63)19(51)12-4-2-1-3-5-12)74-35-17(10-49)67-42(28(60)23(35)55)72-33-15(8-47)65-40(70-31)26(58)21(33)53/h1-5,13-37,39-62H,6-11H2/t13-,14-,15-,16-,17-,18-,19?,20-,21-,22-,23-,24-,25-,26-,27-,28-,29-,30-,31-,32-,33-,34-,35-,36+,37-,39-,40-,41-,42-,43-,44-/m1/s1. The van der Waals surface area contributed by atoms with E-state index in [0.29, 0.717) is 0 Å². The quantitative estimate of drug-likeness (QED) is 0.0764. The number of hydrogen-bond donors (Lipinski definition) is 18. The molecule has 0 radical (unpaired) electrons. The number of benzene rings is 1. The Hall–Kier alpha value is -2.55. The number of carbonyl (C=O) groups excluding carboxylic acids is 1. The van der Waals surface area contributed by atoms with Crippen molar-refractivity contribution in [1.29, 1.82) is 0 Å². The van der Waals surface area contributed by atoms with Crippen LogP contribution in [0.5, 0.6) is 0 Å². The Morgan fingerprint density at radius 1 is 0.364 bits per heavy atom. The second kappa shape index (κ2) is 26.1. The molecule has 31 atom stereocenters. The van der Waals surface area contributed by atoms with Gasteiger partial charge in [-0.25, -0.2) is 4.79 Å². The van der Waals surface area contributed by atoms with Crippen molar-refractivity contribution in [2.75, 3.05) is 39.6 Å². The van der Waals surface area contributed by atoms with Crippen molar-refractivity contribution in [2.24, 2.45) is 0 Å². The molecule has 33 nitrogen and oxygen atoms in total. The molecule has 0 amide bonds. The van der Waals surface area contributed by atoms with Gasteiger partial charge in [0.25, 0.3) is 0 Å². The van der Waals surface area contributed by atoms with Crippen molar-refractivity contribution in [2.45, 2.75) is 190 Å². The van der Waals surface area contributed by atoms with E-state index >= 15 is 0 Å². The molecule has 12 bridgehead atoms. The van der Waals surface area contributed by atoms with Gasteiger partial charge in [-0.05, 0) is 5.56 Å². The molecule has 23 rings (SSSR count). The largest absolute Gasteiger partial charge is 0.394 e. The number of rotatable bonds is 10. The molecule has 22 fully saturated rings. The Balaban J connectivity index is 1.12. The number of carbonyl (C=O) groups is 1. The van der Waals surface area contributed by atoms with Crippen molar-refractivity contribution in [3.63, 3.8) is 0 Å². The number of aliphatic hydroxyl groups is 18. The van der Waals surface area contributed by atoms with E-state index in [1.807, 2.05) is 0 Å². The summed E-state index contributed by atoms with van der Waals surface area (Å²) in [5.74, 6) is -1.48. The zero-order valence-electron chi connectivity index (χ0n) is 40.2. The van der Waals surface area contributed by atoms with Crippen molar-refractivity contribution < 1.29 is 163 Å². The maximum atomic E-state index is 13.1. The van der Waals surface area contributed by atoms with Crippen LogP contribution in [0.2, 0.25) is 0 Å². The van der Waals surface area contributed by atoms with Gasteiger partial charge in [0, 0.05) is 0 Å². The Kier molecular flexibility index (Phi) is 20.6. The van der Waals surface area contributed by atoms with Crippen molar-refractivity contribution >= 4 is 5.97 Å². The molecule has 0 spiro atoms. The summed E-state index contributed by atoms with van der Waals surface area (Å²) in [7, 11) is 0. The minimum Gasteiger partial charge on any atom is -0.394 e.